The molecule has 0 radical (unpaired) electrons. The highest BCUT2D eigenvalue weighted by Gasteiger charge is 2.20. The Morgan fingerprint density at radius 2 is 1.69 bits per heavy atom. The van der Waals surface area contributed by atoms with Crippen LogP contribution in [0.1, 0.15) is 38.2 Å². The fourth-order valence-corrected chi connectivity index (χ4v) is 3.13. The average molecular weight is 365 g/mol. The Morgan fingerprint density at radius 1 is 1.08 bits per heavy atom. The molecule has 26 heavy (non-hydrogen) atoms. The highest BCUT2D eigenvalue weighted by Crippen LogP contribution is 2.34. The molecule has 0 heterocycles. The minimum Gasteiger partial charge on any atom is -0.496 e. The van der Waals surface area contributed by atoms with Crippen molar-refractivity contribution < 1.29 is 19.3 Å². The van der Waals surface area contributed by atoms with E-state index in [9.17, 15) is 5.11 Å². The quantitative estimate of drug-likeness (QED) is 0.507. The van der Waals surface area contributed by atoms with Crippen molar-refractivity contribution in [2.45, 2.75) is 51.3 Å². The van der Waals surface area contributed by atoms with Gasteiger partial charge in [0.05, 0.1) is 39.5 Å². The van der Waals surface area contributed by atoms with Crippen LogP contribution < -0.4 is 24.8 Å². The lowest BCUT2D eigenvalue weighted by Gasteiger charge is -2.27. The molecule has 0 saturated heterocycles. The van der Waals surface area contributed by atoms with Crippen LogP contribution in [-0.4, -0.2) is 51.1 Å². The van der Waals surface area contributed by atoms with Crippen molar-refractivity contribution in [1.82, 2.24) is 10.6 Å². The maximum atomic E-state index is 9.66. The highest BCUT2D eigenvalue weighted by molar-refractivity contribution is 5.80. The summed E-state index contributed by atoms with van der Waals surface area (Å²) >= 11 is 0. The minimum atomic E-state index is -0.166. The van der Waals surface area contributed by atoms with Crippen LogP contribution in [0.3, 0.4) is 0 Å². The third-order valence-electron chi connectivity index (χ3n) is 4.59. The third kappa shape index (κ3) is 5.42. The van der Waals surface area contributed by atoms with Crippen LogP contribution >= 0.6 is 0 Å². The summed E-state index contributed by atoms with van der Waals surface area (Å²) in [6.07, 6.45) is 3.39. The van der Waals surface area contributed by atoms with E-state index in [2.05, 4.69) is 10.6 Å². The molecular weight excluding hydrogens is 334 g/mol. The highest BCUT2D eigenvalue weighted by atomic mass is 16.5. The Balaban J connectivity index is 2.15. The number of rotatable bonds is 7. The van der Waals surface area contributed by atoms with Crippen molar-refractivity contribution in [2.75, 3.05) is 27.9 Å². The Kier molecular flexibility index (Phi) is 7.84. The second kappa shape index (κ2) is 10.1. The van der Waals surface area contributed by atoms with E-state index in [0.717, 1.165) is 43.8 Å². The number of methoxy groups -OCH3 is 3. The van der Waals surface area contributed by atoms with E-state index >= 15 is 0 Å². The second-order valence-electron chi connectivity index (χ2n) is 6.36. The standard InChI is InChI=1S/C19H31N3O4/c1-5-20-19(22-13-6-8-14(23)9-7-13)21-12-16-17(25-3)10-15(24-2)11-18(16)26-4/h10-11,13-14,23H,5-9,12H2,1-4H3,(H2,20,21,22). The lowest BCUT2D eigenvalue weighted by molar-refractivity contribution is 0.120. The van der Waals surface area contributed by atoms with Gasteiger partial charge < -0.3 is 30.0 Å². The SMILES string of the molecule is CCNC(=NCc1c(OC)cc(OC)cc1OC)NC1CCC(O)CC1. The van der Waals surface area contributed by atoms with E-state index in [0.29, 0.717) is 29.8 Å². The maximum absolute atomic E-state index is 9.66. The zero-order valence-corrected chi connectivity index (χ0v) is 16.2. The van der Waals surface area contributed by atoms with Gasteiger partial charge in [0.2, 0.25) is 0 Å². The largest absolute Gasteiger partial charge is 0.496 e. The van der Waals surface area contributed by atoms with Gasteiger partial charge in [0.15, 0.2) is 5.96 Å². The number of nitrogens with one attached hydrogen (secondary N) is 2. The molecule has 146 valence electrons. The predicted molar refractivity (Wildman–Crippen MR) is 102 cm³/mol. The summed E-state index contributed by atoms with van der Waals surface area (Å²) in [6, 6.07) is 3.99. The van der Waals surface area contributed by atoms with Crippen molar-refractivity contribution >= 4 is 5.96 Å². The summed E-state index contributed by atoms with van der Waals surface area (Å²) in [5.74, 6) is 2.80. The van der Waals surface area contributed by atoms with Gasteiger partial charge in [-0.2, -0.15) is 0 Å². The molecular formula is C19H31N3O4. The summed E-state index contributed by atoms with van der Waals surface area (Å²) in [5, 5.41) is 16.4. The minimum absolute atomic E-state index is 0.166. The number of guanidine groups is 1. The molecule has 1 aromatic carbocycles. The summed E-state index contributed by atoms with van der Waals surface area (Å²) in [5.41, 5.74) is 0.868. The predicted octanol–water partition coefficient (Wildman–Crippen LogP) is 2.07. The average Bonchev–Trinajstić information content (AvgIpc) is 2.67. The molecule has 1 aliphatic rings. The first-order chi connectivity index (χ1) is 12.6. The van der Waals surface area contributed by atoms with E-state index in [4.69, 9.17) is 19.2 Å². The summed E-state index contributed by atoms with van der Waals surface area (Å²) in [7, 11) is 4.86. The number of aliphatic hydroxyl groups is 1. The molecule has 0 spiro atoms. The topological polar surface area (TPSA) is 84.3 Å². The van der Waals surface area contributed by atoms with E-state index in [1.807, 2.05) is 19.1 Å². The van der Waals surface area contributed by atoms with Crippen molar-refractivity contribution in [3.63, 3.8) is 0 Å². The zero-order chi connectivity index (χ0) is 18.9. The number of nitrogens with zero attached hydrogens (tertiary/aromatic N) is 1. The number of hydrogen-bond acceptors (Lipinski definition) is 5. The summed E-state index contributed by atoms with van der Waals surface area (Å²) < 4.78 is 16.3. The fraction of sp³-hybridized carbons (Fsp3) is 0.632. The monoisotopic (exact) mass is 365 g/mol. The van der Waals surface area contributed by atoms with Gasteiger partial charge in [0, 0.05) is 24.7 Å². The van der Waals surface area contributed by atoms with Crippen LogP contribution in [-0.2, 0) is 6.54 Å². The Morgan fingerprint density at radius 3 is 2.19 bits per heavy atom. The molecule has 1 saturated carbocycles. The number of ether oxygens (including phenoxy) is 3. The Labute approximate surface area is 155 Å². The Hall–Kier alpha value is -2.15. The number of benzene rings is 1. The smallest absolute Gasteiger partial charge is 0.191 e. The fourth-order valence-electron chi connectivity index (χ4n) is 3.13. The van der Waals surface area contributed by atoms with Crippen LogP contribution in [0.25, 0.3) is 0 Å². The van der Waals surface area contributed by atoms with E-state index < -0.39 is 0 Å². The van der Waals surface area contributed by atoms with E-state index in [-0.39, 0.29) is 6.10 Å². The summed E-state index contributed by atoms with van der Waals surface area (Å²) in [4.78, 5) is 4.70. The maximum Gasteiger partial charge on any atom is 0.191 e. The normalized spacial score (nSPS) is 20.4. The molecule has 0 atom stereocenters. The van der Waals surface area contributed by atoms with Gasteiger partial charge in [0.25, 0.3) is 0 Å². The van der Waals surface area contributed by atoms with Crippen molar-refractivity contribution in [1.29, 1.82) is 0 Å². The van der Waals surface area contributed by atoms with Crippen molar-refractivity contribution in [3.05, 3.63) is 17.7 Å². The molecule has 0 unspecified atom stereocenters. The van der Waals surface area contributed by atoms with Crippen LogP contribution in [0, 0.1) is 0 Å². The molecule has 0 aliphatic heterocycles. The number of aliphatic imine (C=N–C) groups is 1. The molecule has 2 rings (SSSR count). The molecule has 7 nitrogen and oxygen atoms in total. The van der Waals surface area contributed by atoms with Gasteiger partial charge in [-0.1, -0.05) is 0 Å². The first-order valence-electron chi connectivity index (χ1n) is 9.13. The van der Waals surface area contributed by atoms with Crippen molar-refractivity contribution in [3.8, 4) is 17.2 Å². The van der Waals surface area contributed by atoms with Crippen molar-refractivity contribution in [2.24, 2.45) is 4.99 Å². The lowest BCUT2D eigenvalue weighted by Crippen LogP contribution is -2.45. The van der Waals surface area contributed by atoms with Gasteiger partial charge in [-0.25, -0.2) is 4.99 Å². The molecule has 7 heteroatoms. The van der Waals surface area contributed by atoms with E-state index in [1.54, 1.807) is 21.3 Å². The molecule has 1 aromatic rings. The molecule has 3 N–H and O–H groups in total. The first kappa shape index (κ1) is 20.2. The molecule has 0 bridgehead atoms. The van der Waals surface area contributed by atoms with Crippen LogP contribution in [0.4, 0.5) is 0 Å². The Bertz CT molecular complexity index is 573. The van der Waals surface area contributed by atoms with E-state index in [1.165, 1.54) is 0 Å². The van der Waals surface area contributed by atoms with Gasteiger partial charge in [-0.05, 0) is 32.6 Å². The lowest BCUT2D eigenvalue weighted by atomic mass is 9.93. The van der Waals surface area contributed by atoms with Gasteiger partial charge >= 0.3 is 0 Å². The van der Waals surface area contributed by atoms with Crippen LogP contribution in [0.15, 0.2) is 17.1 Å². The number of hydrogen-bond donors (Lipinski definition) is 3. The zero-order valence-electron chi connectivity index (χ0n) is 16.2. The third-order valence-corrected chi connectivity index (χ3v) is 4.59. The molecule has 1 aliphatic carbocycles. The molecule has 0 amide bonds. The summed E-state index contributed by atoms with van der Waals surface area (Å²) in [6.45, 7) is 3.23. The van der Waals surface area contributed by atoms with Gasteiger partial charge in [-0.15, -0.1) is 0 Å². The van der Waals surface area contributed by atoms with Gasteiger partial charge in [0.1, 0.15) is 17.2 Å². The van der Waals surface area contributed by atoms with Crippen LogP contribution in [0.2, 0.25) is 0 Å². The van der Waals surface area contributed by atoms with Crippen LogP contribution in [0.5, 0.6) is 17.2 Å². The molecule has 0 aromatic heterocycles. The first-order valence-corrected chi connectivity index (χ1v) is 9.13. The van der Waals surface area contributed by atoms with Gasteiger partial charge in [-0.3, -0.25) is 0 Å². The second-order valence-corrected chi connectivity index (χ2v) is 6.36. The number of aliphatic hydroxyl groups excluding tert-OH is 1. The molecule has 1 fully saturated rings.